The first-order chi connectivity index (χ1) is 21.9. The molecule has 1 N–H and O–H groups in total. The van der Waals surface area contributed by atoms with Crippen LogP contribution in [0.1, 0.15) is 27.7 Å². The largest absolute Gasteiger partial charge is 0.497 e. The van der Waals surface area contributed by atoms with Crippen molar-refractivity contribution in [2.24, 2.45) is 0 Å². The third-order valence-corrected chi connectivity index (χ3v) is 8.83. The second-order valence-corrected chi connectivity index (χ2v) is 12.1. The highest BCUT2D eigenvalue weighted by atomic mass is 32.2. The molecule has 0 saturated heterocycles. The lowest BCUT2D eigenvalue weighted by molar-refractivity contribution is -0.115. The lowest BCUT2D eigenvalue weighted by atomic mass is 9.98. The molecule has 0 unspecified atom stereocenters. The van der Waals surface area contributed by atoms with Crippen molar-refractivity contribution in [2.75, 3.05) is 19.5 Å². The third kappa shape index (κ3) is 7.50. The standard InChI is InChI=1S/C36H29N3O4S2/c1-23(35(41)38-26-13-11-25(12-14-26)33(40)18-16-28-10-7-19-44-28)45-36-31(22-37)30(21-32(39-36)24-8-5-4-6-9-24)29-17-15-27(42-2)20-34(29)43-3/h4-21,23H,1-3H3,(H,38,41)/b18-16+/t23-/m0/s1. The summed E-state index contributed by atoms with van der Waals surface area (Å²) in [5.74, 6) is 0.777. The molecular weight excluding hydrogens is 603 g/mol. The van der Waals surface area contributed by atoms with E-state index in [4.69, 9.17) is 14.5 Å². The molecule has 9 heteroatoms. The van der Waals surface area contributed by atoms with Gasteiger partial charge in [-0.3, -0.25) is 9.59 Å². The lowest BCUT2D eigenvalue weighted by Crippen LogP contribution is -2.22. The maximum absolute atomic E-state index is 13.3. The van der Waals surface area contributed by atoms with Crippen molar-refractivity contribution in [3.05, 3.63) is 118 Å². The molecule has 5 aromatic rings. The Hall–Kier alpha value is -5.17. The fraction of sp³-hybridized carbons (Fsp3) is 0.111. The zero-order valence-electron chi connectivity index (χ0n) is 24.8. The van der Waals surface area contributed by atoms with Gasteiger partial charge in [-0.25, -0.2) is 4.98 Å². The van der Waals surface area contributed by atoms with Crippen molar-refractivity contribution >= 4 is 46.6 Å². The predicted molar refractivity (Wildman–Crippen MR) is 181 cm³/mol. The first kappa shape index (κ1) is 31.3. The summed E-state index contributed by atoms with van der Waals surface area (Å²) in [6, 6.07) is 29.9. The molecule has 224 valence electrons. The van der Waals surface area contributed by atoms with Crippen LogP contribution in [0.5, 0.6) is 11.5 Å². The Morgan fingerprint density at radius 1 is 0.956 bits per heavy atom. The van der Waals surface area contributed by atoms with E-state index in [-0.39, 0.29) is 11.7 Å². The van der Waals surface area contributed by atoms with Gasteiger partial charge < -0.3 is 14.8 Å². The van der Waals surface area contributed by atoms with Crippen LogP contribution in [0.3, 0.4) is 0 Å². The second-order valence-electron chi connectivity index (χ2n) is 9.82. The summed E-state index contributed by atoms with van der Waals surface area (Å²) in [7, 11) is 3.14. The minimum atomic E-state index is -0.601. The van der Waals surface area contributed by atoms with Crippen molar-refractivity contribution in [1.29, 1.82) is 5.26 Å². The topological polar surface area (TPSA) is 101 Å². The SMILES string of the molecule is COc1ccc(-c2cc(-c3ccccc3)nc(S[C@@H](C)C(=O)Nc3ccc(C(=O)/C=C/c4cccs4)cc3)c2C#N)c(OC)c1. The van der Waals surface area contributed by atoms with Crippen LogP contribution in [0.15, 0.2) is 107 Å². The molecule has 45 heavy (non-hydrogen) atoms. The quantitative estimate of drug-likeness (QED) is 0.0888. The van der Waals surface area contributed by atoms with Crippen LogP contribution in [-0.4, -0.2) is 36.1 Å². The molecule has 7 nitrogen and oxygen atoms in total. The molecule has 0 aliphatic heterocycles. The highest BCUT2D eigenvalue weighted by Crippen LogP contribution is 2.40. The molecular formula is C36H29N3O4S2. The number of pyridine rings is 1. The summed E-state index contributed by atoms with van der Waals surface area (Å²) in [5, 5.41) is 15.0. The smallest absolute Gasteiger partial charge is 0.237 e. The number of thiophene rings is 1. The molecule has 1 amide bonds. The van der Waals surface area contributed by atoms with Crippen molar-refractivity contribution in [3.8, 4) is 40.0 Å². The molecule has 0 fully saturated rings. The molecule has 3 aromatic carbocycles. The fourth-order valence-corrected chi connectivity index (χ4v) is 6.07. The van der Waals surface area contributed by atoms with Crippen LogP contribution < -0.4 is 14.8 Å². The Balaban J connectivity index is 1.40. The van der Waals surface area contributed by atoms with Gasteiger partial charge in [0.15, 0.2) is 5.78 Å². The first-order valence-electron chi connectivity index (χ1n) is 14.0. The monoisotopic (exact) mass is 631 g/mol. The minimum absolute atomic E-state index is 0.122. The van der Waals surface area contributed by atoms with E-state index in [0.29, 0.717) is 50.2 Å². The number of rotatable bonds is 11. The Morgan fingerprint density at radius 2 is 1.73 bits per heavy atom. The average Bonchev–Trinajstić information content (AvgIpc) is 3.61. The number of carbonyl (C=O) groups excluding carboxylic acids is 2. The number of carbonyl (C=O) groups is 2. The highest BCUT2D eigenvalue weighted by molar-refractivity contribution is 8.00. The number of aromatic nitrogens is 1. The van der Waals surface area contributed by atoms with E-state index in [1.165, 1.54) is 17.8 Å². The number of thioether (sulfide) groups is 1. The maximum Gasteiger partial charge on any atom is 0.237 e. The number of amides is 1. The van der Waals surface area contributed by atoms with Crippen LogP contribution >= 0.6 is 23.1 Å². The Kier molecular flexibility index (Phi) is 10.1. The zero-order valence-corrected chi connectivity index (χ0v) is 26.4. The number of hydrogen-bond donors (Lipinski definition) is 1. The summed E-state index contributed by atoms with van der Waals surface area (Å²) in [4.78, 5) is 31.7. The third-order valence-electron chi connectivity index (χ3n) is 6.90. The van der Waals surface area contributed by atoms with Crippen molar-refractivity contribution in [3.63, 3.8) is 0 Å². The van der Waals surface area contributed by atoms with E-state index in [0.717, 1.165) is 10.4 Å². The molecule has 0 bridgehead atoms. The highest BCUT2D eigenvalue weighted by Gasteiger charge is 2.23. The van der Waals surface area contributed by atoms with Crippen LogP contribution in [0.25, 0.3) is 28.5 Å². The summed E-state index contributed by atoms with van der Waals surface area (Å²) in [6.07, 6.45) is 3.32. The van der Waals surface area contributed by atoms with Crippen molar-refractivity contribution in [2.45, 2.75) is 17.2 Å². The van der Waals surface area contributed by atoms with Crippen molar-refractivity contribution in [1.82, 2.24) is 4.98 Å². The Morgan fingerprint density at radius 3 is 2.40 bits per heavy atom. The summed E-state index contributed by atoms with van der Waals surface area (Å²) < 4.78 is 11.0. The van der Waals surface area contributed by atoms with Gasteiger partial charge in [-0.15, -0.1) is 11.3 Å². The number of anilines is 1. The number of nitriles is 1. The first-order valence-corrected chi connectivity index (χ1v) is 15.7. The van der Waals surface area contributed by atoms with E-state index in [2.05, 4.69) is 11.4 Å². The van der Waals surface area contributed by atoms with Crippen LogP contribution in [0.4, 0.5) is 5.69 Å². The van der Waals surface area contributed by atoms with Crippen LogP contribution in [0, 0.1) is 11.3 Å². The van der Waals surface area contributed by atoms with E-state index < -0.39 is 5.25 Å². The molecule has 0 aliphatic rings. The van der Waals surface area contributed by atoms with Gasteiger partial charge in [0.25, 0.3) is 0 Å². The minimum Gasteiger partial charge on any atom is -0.497 e. The molecule has 0 aliphatic carbocycles. The zero-order chi connectivity index (χ0) is 31.8. The van der Waals surface area contributed by atoms with Gasteiger partial charge in [0.2, 0.25) is 5.91 Å². The lowest BCUT2D eigenvalue weighted by Gasteiger charge is -2.17. The second kappa shape index (κ2) is 14.5. The number of allylic oxidation sites excluding steroid dienone is 1. The van der Waals surface area contributed by atoms with Gasteiger partial charge in [-0.1, -0.05) is 48.2 Å². The summed E-state index contributed by atoms with van der Waals surface area (Å²) in [5.41, 5.74) is 4.27. The molecule has 1 atom stereocenters. The predicted octanol–water partition coefficient (Wildman–Crippen LogP) is 8.38. The van der Waals surface area contributed by atoms with Gasteiger partial charge in [0.05, 0.1) is 30.7 Å². The van der Waals surface area contributed by atoms with E-state index in [9.17, 15) is 14.9 Å². The summed E-state index contributed by atoms with van der Waals surface area (Å²) in [6.45, 7) is 1.76. The number of nitrogens with one attached hydrogen (secondary N) is 1. The number of benzene rings is 3. The van der Waals surface area contributed by atoms with Gasteiger partial charge in [-0.05, 0) is 73.0 Å². The summed E-state index contributed by atoms with van der Waals surface area (Å²) >= 11 is 2.76. The van der Waals surface area contributed by atoms with Gasteiger partial charge in [0.1, 0.15) is 22.6 Å². The van der Waals surface area contributed by atoms with Crippen LogP contribution in [-0.2, 0) is 4.79 Å². The average molecular weight is 632 g/mol. The molecule has 0 radical (unpaired) electrons. The van der Waals surface area contributed by atoms with Gasteiger partial charge in [-0.2, -0.15) is 5.26 Å². The normalized spacial score (nSPS) is 11.5. The molecule has 0 saturated carbocycles. The Labute approximate surface area is 270 Å². The molecule has 0 spiro atoms. The Bertz CT molecular complexity index is 1880. The molecule has 2 heterocycles. The van der Waals surface area contributed by atoms with Crippen molar-refractivity contribution < 1.29 is 19.1 Å². The maximum atomic E-state index is 13.3. The fourth-order valence-electron chi connectivity index (χ4n) is 4.53. The van der Waals surface area contributed by atoms with Crippen LogP contribution in [0.2, 0.25) is 0 Å². The van der Waals surface area contributed by atoms with Gasteiger partial charge in [0, 0.05) is 38.9 Å². The molecule has 2 aromatic heterocycles. The number of ketones is 1. The van der Waals surface area contributed by atoms with Gasteiger partial charge >= 0.3 is 0 Å². The number of ether oxygens (including phenoxy) is 2. The molecule has 5 rings (SSSR count). The van der Waals surface area contributed by atoms with E-state index in [1.807, 2.05) is 66.0 Å². The van der Waals surface area contributed by atoms with E-state index >= 15 is 0 Å². The van der Waals surface area contributed by atoms with E-state index in [1.54, 1.807) is 68.9 Å². The number of methoxy groups -OCH3 is 2. The number of nitrogens with zero attached hydrogens (tertiary/aromatic N) is 2. The number of hydrogen-bond acceptors (Lipinski definition) is 8.